The predicted molar refractivity (Wildman–Crippen MR) is 96.4 cm³/mol. The Labute approximate surface area is 133 Å². The van der Waals surface area contributed by atoms with Crippen molar-refractivity contribution in [2.45, 2.75) is 66.2 Å². The second-order valence-corrected chi connectivity index (χ2v) is 10.1. The van der Waals surface area contributed by atoms with Crippen LogP contribution in [0.3, 0.4) is 0 Å². The Kier molecular flexibility index (Phi) is 25.4. The van der Waals surface area contributed by atoms with Crippen LogP contribution in [0.5, 0.6) is 0 Å². The number of hydrogen-bond donors (Lipinski definition) is 2. The zero-order valence-corrected chi connectivity index (χ0v) is 15.5. The van der Waals surface area contributed by atoms with Crippen LogP contribution in [0.25, 0.3) is 0 Å². The van der Waals surface area contributed by atoms with Gasteiger partial charge in [-0.2, -0.15) is 10.5 Å². The maximum Gasteiger partial charge on any atom is 0.173 e. The van der Waals surface area contributed by atoms with Gasteiger partial charge in [-0.3, -0.25) is 0 Å². The minimum Gasteiger partial charge on any atom is -0.337 e. The Balaban J connectivity index is -0.000000460. The highest BCUT2D eigenvalue weighted by Crippen LogP contribution is 2.58. The van der Waals surface area contributed by atoms with Gasteiger partial charge in [0, 0.05) is 7.26 Å². The van der Waals surface area contributed by atoms with Crippen LogP contribution in [0.2, 0.25) is 0 Å². The smallest absolute Gasteiger partial charge is 0.173 e. The highest BCUT2D eigenvalue weighted by Gasteiger charge is 2.29. The Morgan fingerprint density at radius 2 is 1.05 bits per heavy atom. The van der Waals surface area contributed by atoms with Crippen LogP contribution in [0, 0.1) is 22.9 Å². The van der Waals surface area contributed by atoms with Crippen LogP contribution in [0.15, 0.2) is 0 Å². The van der Waals surface area contributed by atoms with Crippen LogP contribution < -0.4 is 11.5 Å². The van der Waals surface area contributed by atoms with Gasteiger partial charge in [0.1, 0.15) is 0 Å². The number of unbranched alkanes of at least 4 members (excludes halogenated alkanes) is 5. The molecule has 0 radical (unpaired) electrons. The summed E-state index contributed by atoms with van der Waals surface area (Å²) in [5.74, 6) is 0. The van der Waals surface area contributed by atoms with Crippen molar-refractivity contribution < 1.29 is 0 Å². The zero-order chi connectivity index (χ0) is 17.0. The average Bonchev–Trinajstić information content (AvgIpc) is 2.49. The van der Waals surface area contributed by atoms with E-state index in [1.807, 2.05) is 0 Å². The van der Waals surface area contributed by atoms with Crippen molar-refractivity contribution in [3.05, 3.63) is 0 Å². The van der Waals surface area contributed by atoms with Crippen LogP contribution in [-0.2, 0) is 0 Å². The summed E-state index contributed by atoms with van der Waals surface area (Å²) >= 11 is 0. The molecule has 0 amide bonds. The molecule has 4 nitrogen and oxygen atoms in total. The molecule has 0 aliphatic carbocycles. The van der Waals surface area contributed by atoms with Crippen molar-refractivity contribution in [1.29, 1.82) is 10.5 Å². The van der Waals surface area contributed by atoms with Gasteiger partial charge in [-0.1, -0.05) is 32.6 Å². The highest BCUT2D eigenvalue weighted by molar-refractivity contribution is 7.75. The summed E-state index contributed by atoms with van der Waals surface area (Å²) in [6.45, 7) is 9.54. The van der Waals surface area contributed by atoms with E-state index in [1.54, 1.807) is 6.16 Å². The van der Waals surface area contributed by atoms with Gasteiger partial charge in [0.25, 0.3) is 0 Å². The molecule has 0 aromatic rings. The van der Waals surface area contributed by atoms with Gasteiger partial charge in [-0.05, 0) is 33.6 Å². The third-order valence-corrected chi connectivity index (χ3v) is 9.29. The molecule has 5 heteroatoms. The van der Waals surface area contributed by atoms with Crippen LogP contribution in [0.1, 0.15) is 66.2 Å². The highest BCUT2D eigenvalue weighted by atomic mass is 31.2. The lowest BCUT2D eigenvalue weighted by Gasteiger charge is -2.23. The summed E-state index contributed by atoms with van der Waals surface area (Å²) < 4.78 is 0. The zero-order valence-electron chi connectivity index (χ0n) is 14.6. The van der Waals surface area contributed by atoms with Crippen LogP contribution >= 0.6 is 7.26 Å². The van der Waals surface area contributed by atoms with Gasteiger partial charge in [0.05, 0.1) is 24.6 Å². The third kappa shape index (κ3) is 19.0. The monoisotopic (exact) mass is 315 g/mol. The van der Waals surface area contributed by atoms with Crippen molar-refractivity contribution in [3.63, 3.8) is 0 Å². The molecule has 0 aliphatic heterocycles. The Hall–Kier alpha value is -0.990. The number of nitrogens with two attached hydrogens (primary N) is 2. The summed E-state index contributed by atoms with van der Waals surface area (Å²) in [6, 6.07) is 0. The number of nitriles is 2. The van der Waals surface area contributed by atoms with E-state index in [0.29, 0.717) is 0 Å². The summed E-state index contributed by atoms with van der Waals surface area (Å²) in [4.78, 5) is 0. The topological polar surface area (TPSA) is 99.6 Å². The van der Waals surface area contributed by atoms with Gasteiger partial charge < -0.3 is 11.5 Å². The molecule has 0 spiro atoms. The van der Waals surface area contributed by atoms with Gasteiger partial charge in [0.15, 0.2) is 12.4 Å². The molecule has 0 heterocycles. The molecular weight excluding hydrogens is 279 g/mol. The first-order chi connectivity index (χ1) is 10.1. The number of rotatable bonds is 10. The number of hydrogen-bond acceptors (Lipinski definition) is 4. The molecule has 124 valence electrons. The molecule has 0 bridgehead atoms. The van der Waals surface area contributed by atoms with E-state index in [-0.39, 0.29) is 0 Å². The van der Waals surface area contributed by atoms with E-state index in [0.717, 1.165) is 0 Å². The maximum atomic E-state index is 7.10. The molecule has 0 fully saturated rings. The molecule has 0 aromatic heterocycles. The normalized spacial score (nSPS) is 9.24. The SMILES string of the molecule is CCCCCCCC[P+](CC)(CC)CC.N#CN.N#CN. The maximum absolute atomic E-state index is 7.10. The Bertz CT molecular complexity index is 244. The molecule has 4 N–H and O–H groups in total. The minimum atomic E-state index is -0.494. The summed E-state index contributed by atoms with van der Waals surface area (Å²) in [5, 5.41) is 14.2. The molecule has 0 aliphatic rings. The number of nitrogens with zero attached hydrogens (tertiary/aromatic N) is 2. The van der Waals surface area contributed by atoms with Crippen molar-refractivity contribution in [1.82, 2.24) is 0 Å². The molecule has 21 heavy (non-hydrogen) atoms. The molecule has 0 atom stereocenters. The van der Waals surface area contributed by atoms with Crippen molar-refractivity contribution in [2.75, 3.05) is 24.6 Å². The standard InChI is InChI=1S/C14H32P.2CH2N2/c1-5-9-10-11-12-13-14-15(6-2,7-3)8-4;2*2-1-3/h5-14H2,1-4H3;2*2H2/q+1;;. The van der Waals surface area contributed by atoms with Crippen LogP contribution in [0.4, 0.5) is 0 Å². The van der Waals surface area contributed by atoms with E-state index in [9.17, 15) is 0 Å². The molecule has 0 saturated heterocycles. The minimum absolute atomic E-state index is 0.494. The fraction of sp³-hybridized carbons (Fsp3) is 0.875. The van der Waals surface area contributed by atoms with E-state index in [1.165, 1.54) is 69.4 Å². The fourth-order valence-corrected chi connectivity index (χ4v) is 5.56. The first-order valence-corrected chi connectivity index (χ1v) is 10.6. The van der Waals surface area contributed by atoms with Crippen LogP contribution in [-0.4, -0.2) is 24.6 Å². The van der Waals surface area contributed by atoms with E-state index in [2.05, 4.69) is 39.2 Å². The third-order valence-electron chi connectivity index (χ3n) is 4.00. The van der Waals surface area contributed by atoms with Crippen molar-refractivity contribution in [3.8, 4) is 12.4 Å². The van der Waals surface area contributed by atoms with E-state index >= 15 is 0 Å². The quantitative estimate of drug-likeness (QED) is 0.272. The molecule has 0 saturated carbocycles. The largest absolute Gasteiger partial charge is 0.337 e. The Morgan fingerprint density at radius 3 is 1.38 bits per heavy atom. The van der Waals surface area contributed by atoms with E-state index in [4.69, 9.17) is 10.5 Å². The summed E-state index contributed by atoms with van der Waals surface area (Å²) in [5.41, 5.74) is 8.31. The molecular formula is C16H36N4P+. The first kappa shape index (κ1) is 25.0. The van der Waals surface area contributed by atoms with Gasteiger partial charge in [0.2, 0.25) is 0 Å². The van der Waals surface area contributed by atoms with Crippen molar-refractivity contribution in [2.24, 2.45) is 11.5 Å². The molecule has 0 unspecified atom stereocenters. The second kappa shape index (κ2) is 21.3. The summed E-state index contributed by atoms with van der Waals surface area (Å²) in [6.07, 6.45) is 17.3. The fourth-order valence-electron chi connectivity index (χ4n) is 2.37. The lowest BCUT2D eigenvalue weighted by molar-refractivity contribution is 0.625. The average molecular weight is 315 g/mol. The predicted octanol–water partition coefficient (Wildman–Crippen LogP) is 4.28. The lowest BCUT2D eigenvalue weighted by Crippen LogP contribution is -2.07. The first-order valence-electron chi connectivity index (χ1n) is 8.12. The van der Waals surface area contributed by atoms with E-state index < -0.39 is 7.26 Å². The Morgan fingerprint density at radius 1 is 0.714 bits per heavy atom. The van der Waals surface area contributed by atoms with Gasteiger partial charge in [-0.25, -0.2) is 0 Å². The van der Waals surface area contributed by atoms with Crippen molar-refractivity contribution >= 4 is 7.26 Å². The van der Waals surface area contributed by atoms with Gasteiger partial charge >= 0.3 is 0 Å². The lowest BCUT2D eigenvalue weighted by atomic mass is 10.1. The molecule has 0 rings (SSSR count). The molecule has 0 aromatic carbocycles. The summed E-state index contributed by atoms with van der Waals surface area (Å²) in [7, 11) is -0.494. The second-order valence-electron chi connectivity index (χ2n) is 5.04. The van der Waals surface area contributed by atoms with Gasteiger partial charge in [-0.15, -0.1) is 0 Å².